The minimum atomic E-state index is -0.123. The highest BCUT2D eigenvalue weighted by Crippen LogP contribution is 2.30. The van der Waals surface area contributed by atoms with E-state index in [9.17, 15) is 9.59 Å². The maximum Gasteiger partial charge on any atom is 0.272 e. The molecule has 0 spiro atoms. The average Bonchev–Trinajstić information content (AvgIpc) is 3.17. The number of carbonyl (C=O) groups is 1. The predicted molar refractivity (Wildman–Crippen MR) is 129 cm³/mol. The van der Waals surface area contributed by atoms with Crippen molar-refractivity contribution in [2.75, 3.05) is 11.1 Å². The van der Waals surface area contributed by atoms with Gasteiger partial charge in [0.25, 0.3) is 5.56 Å². The molecule has 1 amide bonds. The predicted octanol–water partition coefficient (Wildman–Crippen LogP) is 5.10. The standard InChI is InChI=1S/C23H24N4O2S2/c1-3-5-13-27-22(29)20-19(17-7-6-12-24-21(17)31-20)26-23(27)30-14-18(28)25-16-10-8-15(4-2)9-11-16/h6-12H,3-5,13-14H2,1-2H3,(H,25,28). The van der Waals surface area contributed by atoms with Gasteiger partial charge in [-0.25, -0.2) is 9.97 Å². The van der Waals surface area contributed by atoms with E-state index in [1.165, 1.54) is 28.7 Å². The van der Waals surface area contributed by atoms with Gasteiger partial charge < -0.3 is 5.32 Å². The molecule has 0 aliphatic heterocycles. The van der Waals surface area contributed by atoms with Crippen LogP contribution in [-0.2, 0) is 17.8 Å². The molecule has 0 atom stereocenters. The van der Waals surface area contributed by atoms with Crippen molar-refractivity contribution in [2.45, 2.75) is 44.8 Å². The third kappa shape index (κ3) is 4.65. The normalized spacial score (nSPS) is 11.3. The SMILES string of the molecule is CCCCn1c(SCC(=O)Nc2ccc(CC)cc2)nc2c(sc3ncccc32)c1=O. The summed E-state index contributed by atoms with van der Waals surface area (Å²) in [5, 5.41) is 4.37. The van der Waals surface area contributed by atoms with E-state index in [4.69, 9.17) is 4.98 Å². The number of fused-ring (bicyclic) bond motifs is 3. The summed E-state index contributed by atoms with van der Waals surface area (Å²) in [5.74, 6) is 0.0578. The van der Waals surface area contributed by atoms with Crippen molar-refractivity contribution in [3.05, 3.63) is 58.5 Å². The first-order chi connectivity index (χ1) is 15.1. The number of aryl methyl sites for hydroxylation is 1. The molecule has 160 valence electrons. The highest BCUT2D eigenvalue weighted by molar-refractivity contribution is 7.99. The number of pyridine rings is 1. The van der Waals surface area contributed by atoms with E-state index < -0.39 is 0 Å². The fraction of sp³-hybridized carbons (Fsp3) is 0.304. The van der Waals surface area contributed by atoms with Crippen LogP contribution >= 0.6 is 23.1 Å². The number of thioether (sulfide) groups is 1. The summed E-state index contributed by atoms with van der Waals surface area (Å²) in [6.07, 6.45) is 4.53. The number of nitrogens with zero attached hydrogens (tertiary/aromatic N) is 3. The Balaban J connectivity index is 1.60. The largest absolute Gasteiger partial charge is 0.325 e. The van der Waals surface area contributed by atoms with Crippen LogP contribution < -0.4 is 10.9 Å². The summed E-state index contributed by atoms with van der Waals surface area (Å²) in [7, 11) is 0. The minimum absolute atomic E-state index is 0.0560. The molecule has 0 radical (unpaired) electrons. The summed E-state index contributed by atoms with van der Waals surface area (Å²) in [6.45, 7) is 4.77. The van der Waals surface area contributed by atoms with Gasteiger partial charge in [0.2, 0.25) is 5.91 Å². The van der Waals surface area contributed by atoms with E-state index in [1.54, 1.807) is 10.8 Å². The number of benzene rings is 1. The first kappa shape index (κ1) is 21.5. The molecule has 3 aromatic heterocycles. The number of amides is 1. The Morgan fingerprint density at radius 2 is 2.00 bits per heavy atom. The molecule has 0 fully saturated rings. The molecule has 1 aromatic carbocycles. The second kappa shape index (κ2) is 9.62. The molecule has 0 saturated carbocycles. The highest BCUT2D eigenvalue weighted by atomic mass is 32.2. The van der Waals surface area contributed by atoms with E-state index >= 15 is 0 Å². The molecule has 0 aliphatic carbocycles. The van der Waals surface area contributed by atoms with E-state index in [0.29, 0.717) is 21.9 Å². The Hall–Kier alpha value is -2.71. The number of nitrogens with one attached hydrogen (secondary N) is 1. The summed E-state index contributed by atoms with van der Waals surface area (Å²) in [4.78, 5) is 35.7. The lowest BCUT2D eigenvalue weighted by atomic mass is 10.1. The van der Waals surface area contributed by atoms with Gasteiger partial charge in [0.1, 0.15) is 9.53 Å². The second-order valence-electron chi connectivity index (χ2n) is 7.23. The zero-order valence-electron chi connectivity index (χ0n) is 17.6. The van der Waals surface area contributed by atoms with Crippen LogP contribution in [0.25, 0.3) is 20.4 Å². The molecule has 0 bridgehead atoms. The first-order valence-corrected chi connectivity index (χ1v) is 12.2. The summed E-state index contributed by atoms with van der Waals surface area (Å²) >= 11 is 2.68. The van der Waals surface area contributed by atoms with Gasteiger partial charge in [-0.2, -0.15) is 0 Å². The fourth-order valence-electron chi connectivity index (χ4n) is 3.32. The lowest BCUT2D eigenvalue weighted by molar-refractivity contribution is -0.113. The van der Waals surface area contributed by atoms with Crippen molar-refractivity contribution in [3.63, 3.8) is 0 Å². The fourth-order valence-corrected chi connectivity index (χ4v) is 5.17. The van der Waals surface area contributed by atoms with Crippen LogP contribution in [0, 0.1) is 0 Å². The number of unbranched alkanes of at least 4 members (excludes halogenated alkanes) is 1. The van der Waals surface area contributed by atoms with Gasteiger partial charge in [-0.05, 0) is 42.7 Å². The third-order valence-electron chi connectivity index (χ3n) is 5.03. The molecule has 31 heavy (non-hydrogen) atoms. The van der Waals surface area contributed by atoms with E-state index in [1.807, 2.05) is 36.4 Å². The van der Waals surface area contributed by atoms with Crippen LogP contribution in [0.4, 0.5) is 5.69 Å². The van der Waals surface area contributed by atoms with Gasteiger partial charge in [0, 0.05) is 23.8 Å². The van der Waals surface area contributed by atoms with E-state index in [-0.39, 0.29) is 17.2 Å². The maximum atomic E-state index is 13.2. The van der Waals surface area contributed by atoms with Gasteiger partial charge in [0.15, 0.2) is 5.16 Å². The molecular weight excluding hydrogens is 428 g/mol. The summed E-state index contributed by atoms with van der Waals surface area (Å²) in [6, 6.07) is 11.6. The van der Waals surface area contributed by atoms with Gasteiger partial charge in [-0.3, -0.25) is 14.2 Å². The van der Waals surface area contributed by atoms with Crippen molar-refractivity contribution in [2.24, 2.45) is 0 Å². The van der Waals surface area contributed by atoms with Crippen LogP contribution in [0.3, 0.4) is 0 Å². The van der Waals surface area contributed by atoms with E-state index in [2.05, 4.69) is 24.1 Å². The average molecular weight is 453 g/mol. The van der Waals surface area contributed by atoms with Gasteiger partial charge in [0.05, 0.1) is 11.3 Å². The summed E-state index contributed by atoms with van der Waals surface area (Å²) in [5.41, 5.74) is 2.61. The Kier molecular flexibility index (Phi) is 6.67. The Morgan fingerprint density at radius 3 is 2.74 bits per heavy atom. The molecule has 3 heterocycles. The molecule has 4 rings (SSSR count). The number of hydrogen-bond donors (Lipinski definition) is 1. The van der Waals surface area contributed by atoms with Crippen LogP contribution in [-0.4, -0.2) is 26.2 Å². The number of hydrogen-bond acceptors (Lipinski definition) is 6. The molecule has 0 unspecified atom stereocenters. The third-order valence-corrected chi connectivity index (χ3v) is 7.10. The van der Waals surface area contributed by atoms with Crippen LogP contribution in [0.2, 0.25) is 0 Å². The molecule has 8 heteroatoms. The number of rotatable bonds is 8. The van der Waals surface area contributed by atoms with Gasteiger partial charge >= 0.3 is 0 Å². The monoisotopic (exact) mass is 452 g/mol. The van der Waals surface area contributed by atoms with Crippen molar-refractivity contribution < 1.29 is 4.79 Å². The van der Waals surface area contributed by atoms with E-state index in [0.717, 1.165) is 35.2 Å². The van der Waals surface area contributed by atoms with Gasteiger partial charge in [-0.1, -0.05) is 44.2 Å². The van der Waals surface area contributed by atoms with Crippen molar-refractivity contribution in [1.82, 2.24) is 14.5 Å². The molecular formula is C23H24N4O2S2. The Morgan fingerprint density at radius 1 is 1.19 bits per heavy atom. The minimum Gasteiger partial charge on any atom is -0.325 e. The first-order valence-electron chi connectivity index (χ1n) is 10.4. The Bertz CT molecular complexity index is 1280. The van der Waals surface area contributed by atoms with Crippen molar-refractivity contribution >= 4 is 55.1 Å². The number of thiophene rings is 1. The van der Waals surface area contributed by atoms with Crippen LogP contribution in [0.5, 0.6) is 0 Å². The number of aromatic nitrogens is 3. The lowest BCUT2D eigenvalue weighted by Crippen LogP contribution is -2.23. The maximum absolute atomic E-state index is 13.2. The molecule has 6 nitrogen and oxygen atoms in total. The quantitative estimate of drug-likeness (QED) is 0.297. The Labute approximate surface area is 188 Å². The number of carbonyl (C=O) groups excluding carboxylic acids is 1. The van der Waals surface area contributed by atoms with Gasteiger partial charge in [-0.15, -0.1) is 11.3 Å². The number of anilines is 1. The molecule has 4 aromatic rings. The molecule has 1 N–H and O–H groups in total. The highest BCUT2D eigenvalue weighted by Gasteiger charge is 2.17. The zero-order valence-corrected chi connectivity index (χ0v) is 19.2. The molecule has 0 saturated heterocycles. The zero-order chi connectivity index (χ0) is 21.8. The summed E-state index contributed by atoms with van der Waals surface area (Å²) < 4.78 is 2.32. The van der Waals surface area contributed by atoms with Crippen LogP contribution in [0.15, 0.2) is 52.5 Å². The van der Waals surface area contributed by atoms with Crippen molar-refractivity contribution in [1.29, 1.82) is 0 Å². The topological polar surface area (TPSA) is 76.9 Å². The smallest absolute Gasteiger partial charge is 0.272 e. The lowest BCUT2D eigenvalue weighted by Gasteiger charge is -2.12. The van der Waals surface area contributed by atoms with Crippen LogP contribution in [0.1, 0.15) is 32.3 Å². The molecule has 0 aliphatic rings. The van der Waals surface area contributed by atoms with Crippen molar-refractivity contribution in [3.8, 4) is 0 Å². The second-order valence-corrected chi connectivity index (χ2v) is 9.17.